The molecule has 0 aliphatic carbocycles. The lowest BCUT2D eigenvalue weighted by Crippen LogP contribution is -2.19. The molecule has 0 fully saturated rings. The fraction of sp³-hybridized carbons (Fsp3) is 0.385. The van der Waals surface area contributed by atoms with Crippen LogP contribution in [0.25, 0.3) is 10.9 Å². The van der Waals surface area contributed by atoms with Crippen molar-refractivity contribution in [3.8, 4) is 0 Å². The summed E-state index contributed by atoms with van der Waals surface area (Å²) in [5.74, 6) is 0.499. The monoisotopic (exact) mass is 217 g/mol. The number of benzene rings is 1. The van der Waals surface area contributed by atoms with E-state index in [0.717, 1.165) is 13.1 Å². The molecule has 0 aliphatic heterocycles. The van der Waals surface area contributed by atoms with Crippen LogP contribution in [-0.2, 0) is 7.05 Å². The summed E-state index contributed by atoms with van der Waals surface area (Å²) in [6.45, 7) is 3.79. The number of fused-ring (bicyclic) bond motifs is 1. The molecule has 0 radical (unpaired) electrons. The van der Waals surface area contributed by atoms with E-state index in [2.05, 4.69) is 54.3 Å². The van der Waals surface area contributed by atoms with E-state index in [1.807, 2.05) is 0 Å². The zero-order chi connectivity index (χ0) is 11.5. The van der Waals surface area contributed by atoms with E-state index >= 15 is 0 Å². The lowest BCUT2D eigenvalue weighted by Gasteiger charge is -2.10. The molecular formula is C13H19N3. The highest BCUT2D eigenvalue weighted by Crippen LogP contribution is 2.24. The van der Waals surface area contributed by atoms with Gasteiger partial charge in [-0.15, -0.1) is 0 Å². The molecule has 2 rings (SSSR count). The van der Waals surface area contributed by atoms with Crippen LogP contribution in [0, 0.1) is 5.92 Å². The SMILES string of the molecule is CC(CN)CNc1cn(C)c2ccccc12. The highest BCUT2D eigenvalue weighted by Gasteiger charge is 2.06. The first-order valence-electron chi connectivity index (χ1n) is 5.70. The summed E-state index contributed by atoms with van der Waals surface area (Å²) in [7, 11) is 2.07. The van der Waals surface area contributed by atoms with Crippen LogP contribution < -0.4 is 11.1 Å². The van der Waals surface area contributed by atoms with Gasteiger partial charge in [0, 0.05) is 30.7 Å². The molecule has 0 bridgehead atoms. The lowest BCUT2D eigenvalue weighted by atomic mass is 10.2. The summed E-state index contributed by atoms with van der Waals surface area (Å²) >= 11 is 0. The van der Waals surface area contributed by atoms with E-state index in [0.29, 0.717) is 5.92 Å². The maximum absolute atomic E-state index is 5.61. The zero-order valence-corrected chi connectivity index (χ0v) is 9.90. The Balaban J connectivity index is 2.24. The molecule has 0 amide bonds. The maximum atomic E-state index is 5.61. The van der Waals surface area contributed by atoms with E-state index in [1.165, 1.54) is 16.6 Å². The van der Waals surface area contributed by atoms with Gasteiger partial charge in [-0.3, -0.25) is 0 Å². The molecule has 0 saturated carbocycles. The average molecular weight is 217 g/mol. The van der Waals surface area contributed by atoms with Crippen molar-refractivity contribution in [2.24, 2.45) is 18.7 Å². The fourth-order valence-electron chi connectivity index (χ4n) is 1.85. The van der Waals surface area contributed by atoms with Crippen LogP contribution in [0.1, 0.15) is 6.92 Å². The number of rotatable bonds is 4. The molecule has 1 heterocycles. The Hall–Kier alpha value is -1.48. The molecule has 0 spiro atoms. The van der Waals surface area contributed by atoms with Gasteiger partial charge < -0.3 is 15.6 Å². The van der Waals surface area contributed by atoms with Gasteiger partial charge in [0.1, 0.15) is 0 Å². The quantitative estimate of drug-likeness (QED) is 0.824. The second-order valence-corrected chi connectivity index (χ2v) is 4.39. The molecule has 1 aromatic heterocycles. The van der Waals surface area contributed by atoms with E-state index in [-0.39, 0.29) is 0 Å². The van der Waals surface area contributed by atoms with Crippen LogP contribution in [0.4, 0.5) is 5.69 Å². The summed E-state index contributed by atoms with van der Waals surface area (Å²) < 4.78 is 2.14. The second-order valence-electron chi connectivity index (χ2n) is 4.39. The number of anilines is 1. The normalized spacial score (nSPS) is 12.9. The minimum atomic E-state index is 0.499. The minimum absolute atomic E-state index is 0.499. The van der Waals surface area contributed by atoms with Crippen molar-refractivity contribution < 1.29 is 0 Å². The summed E-state index contributed by atoms with van der Waals surface area (Å²) in [5, 5.41) is 4.73. The largest absolute Gasteiger partial charge is 0.383 e. The Kier molecular flexibility index (Phi) is 3.15. The van der Waals surface area contributed by atoms with Crippen molar-refractivity contribution in [1.82, 2.24) is 4.57 Å². The van der Waals surface area contributed by atoms with Crippen LogP contribution >= 0.6 is 0 Å². The molecule has 0 saturated heterocycles. The fourth-order valence-corrected chi connectivity index (χ4v) is 1.85. The van der Waals surface area contributed by atoms with E-state index in [9.17, 15) is 0 Å². The number of nitrogens with zero attached hydrogens (tertiary/aromatic N) is 1. The molecule has 3 heteroatoms. The van der Waals surface area contributed by atoms with Crippen molar-refractivity contribution >= 4 is 16.6 Å². The maximum Gasteiger partial charge on any atom is 0.0600 e. The summed E-state index contributed by atoms with van der Waals surface area (Å²) in [5.41, 5.74) is 8.06. The standard InChI is InChI=1S/C13H19N3/c1-10(7-14)8-15-12-9-16(2)13-6-4-3-5-11(12)13/h3-6,9-10,15H,7-8,14H2,1-2H3. The highest BCUT2D eigenvalue weighted by atomic mass is 15.0. The Labute approximate surface area is 96.2 Å². The van der Waals surface area contributed by atoms with Gasteiger partial charge in [0.15, 0.2) is 0 Å². The molecular weight excluding hydrogens is 198 g/mol. The molecule has 16 heavy (non-hydrogen) atoms. The van der Waals surface area contributed by atoms with E-state index in [1.54, 1.807) is 0 Å². The molecule has 86 valence electrons. The Morgan fingerprint density at radius 1 is 1.38 bits per heavy atom. The smallest absolute Gasteiger partial charge is 0.0600 e. The topological polar surface area (TPSA) is 43.0 Å². The Bertz CT molecular complexity index is 473. The van der Waals surface area contributed by atoms with Gasteiger partial charge in [-0.2, -0.15) is 0 Å². The van der Waals surface area contributed by atoms with Crippen LogP contribution in [0.5, 0.6) is 0 Å². The Morgan fingerprint density at radius 3 is 2.88 bits per heavy atom. The Morgan fingerprint density at radius 2 is 2.12 bits per heavy atom. The van der Waals surface area contributed by atoms with Gasteiger partial charge in [0.2, 0.25) is 0 Å². The van der Waals surface area contributed by atoms with E-state index in [4.69, 9.17) is 5.73 Å². The zero-order valence-electron chi connectivity index (χ0n) is 9.90. The van der Waals surface area contributed by atoms with Gasteiger partial charge in [0.25, 0.3) is 0 Å². The number of aryl methyl sites for hydroxylation is 1. The number of nitrogens with two attached hydrogens (primary N) is 1. The van der Waals surface area contributed by atoms with Crippen molar-refractivity contribution in [3.63, 3.8) is 0 Å². The van der Waals surface area contributed by atoms with Crippen molar-refractivity contribution in [2.75, 3.05) is 18.4 Å². The number of nitrogens with one attached hydrogen (secondary N) is 1. The lowest BCUT2D eigenvalue weighted by molar-refractivity contribution is 0.628. The highest BCUT2D eigenvalue weighted by molar-refractivity contribution is 5.92. The van der Waals surface area contributed by atoms with Gasteiger partial charge in [-0.1, -0.05) is 25.1 Å². The predicted molar refractivity (Wildman–Crippen MR) is 69.6 cm³/mol. The van der Waals surface area contributed by atoms with Gasteiger partial charge in [-0.05, 0) is 18.5 Å². The third-order valence-electron chi connectivity index (χ3n) is 2.94. The molecule has 0 aliphatic rings. The first-order valence-corrected chi connectivity index (χ1v) is 5.70. The third kappa shape index (κ3) is 2.04. The average Bonchev–Trinajstić information content (AvgIpc) is 2.64. The molecule has 1 aromatic carbocycles. The summed E-state index contributed by atoms with van der Waals surface area (Å²) in [6, 6.07) is 8.41. The molecule has 3 nitrogen and oxygen atoms in total. The second kappa shape index (κ2) is 4.58. The van der Waals surface area contributed by atoms with Crippen molar-refractivity contribution in [3.05, 3.63) is 30.5 Å². The summed E-state index contributed by atoms with van der Waals surface area (Å²) in [6.07, 6.45) is 2.13. The molecule has 3 N–H and O–H groups in total. The number of hydrogen-bond acceptors (Lipinski definition) is 2. The predicted octanol–water partition coefficient (Wildman–Crippen LogP) is 2.18. The molecule has 1 atom stereocenters. The van der Waals surface area contributed by atoms with Crippen molar-refractivity contribution in [2.45, 2.75) is 6.92 Å². The summed E-state index contributed by atoms with van der Waals surface area (Å²) in [4.78, 5) is 0. The van der Waals surface area contributed by atoms with Crippen LogP contribution in [0.15, 0.2) is 30.5 Å². The van der Waals surface area contributed by atoms with Gasteiger partial charge >= 0.3 is 0 Å². The number of para-hydroxylation sites is 1. The van der Waals surface area contributed by atoms with Crippen LogP contribution in [-0.4, -0.2) is 17.7 Å². The van der Waals surface area contributed by atoms with Gasteiger partial charge in [-0.25, -0.2) is 0 Å². The molecule has 2 aromatic rings. The number of aromatic nitrogens is 1. The van der Waals surface area contributed by atoms with Crippen LogP contribution in [0.2, 0.25) is 0 Å². The minimum Gasteiger partial charge on any atom is -0.383 e. The third-order valence-corrected chi connectivity index (χ3v) is 2.94. The molecule has 1 unspecified atom stereocenters. The van der Waals surface area contributed by atoms with Crippen molar-refractivity contribution in [1.29, 1.82) is 0 Å². The first-order chi connectivity index (χ1) is 7.72. The first kappa shape index (κ1) is 11.0. The van der Waals surface area contributed by atoms with Crippen LogP contribution in [0.3, 0.4) is 0 Å². The van der Waals surface area contributed by atoms with Gasteiger partial charge in [0.05, 0.1) is 5.69 Å². The van der Waals surface area contributed by atoms with E-state index < -0.39 is 0 Å². The number of hydrogen-bond donors (Lipinski definition) is 2.